The highest BCUT2D eigenvalue weighted by atomic mass is 35.5. The number of non-ortho nitro benzene ring substituents is 1. The molecule has 0 aliphatic carbocycles. The number of thioether (sulfide) groups is 1. The average molecular weight is 521 g/mol. The Hall–Kier alpha value is -2.50. The minimum absolute atomic E-state index is 0. The Morgan fingerprint density at radius 2 is 2.09 bits per heavy atom. The van der Waals surface area contributed by atoms with Crippen LogP contribution in [0.1, 0.15) is 5.56 Å². The molecular formula is C23H25ClN4O4S2. The fourth-order valence-corrected chi connectivity index (χ4v) is 5.05. The zero-order valence-corrected chi connectivity index (χ0v) is 21.0. The lowest BCUT2D eigenvalue weighted by atomic mass is 10.2. The summed E-state index contributed by atoms with van der Waals surface area (Å²) in [4.78, 5) is 33.6. The molecule has 1 fully saturated rings. The lowest BCUT2D eigenvalue weighted by molar-refractivity contribution is -0.384. The van der Waals surface area contributed by atoms with Crippen LogP contribution < -0.4 is 4.90 Å². The summed E-state index contributed by atoms with van der Waals surface area (Å²) in [6.07, 6.45) is 5.09. The molecule has 1 aromatic heterocycles. The van der Waals surface area contributed by atoms with Crippen molar-refractivity contribution in [2.24, 2.45) is 0 Å². The van der Waals surface area contributed by atoms with Gasteiger partial charge in [0.2, 0.25) is 0 Å². The third-order valence-electron chi connectivity index (χ3n) is 5.32. The Kier molecular flexibility index (Phi) is 9.43. The topological polar surface area (TPSA) is 88.8 Å². The number of hydrogen-bond donors (Lipinski definition) is 0. The third-order valence-corrected chi connectivity index (χ3v) is 7.09. The van der Waals surface area contributed by atoms with Gasteiger partial charge in [0.1, 0.15) is 0 Å². The maximum atomic E-state index is 13.2. The van der Waals surface area contributed by atoms with Gasteiger partial charge in [-0.25, -0.2) is 4.98 Å². The number of anilines is 1. The summed E-state index contributed by atoms with van der Waals surface area (Å²) in [5.74, 6) is -0.209. The van der Waals surface area contributed by atoms with Crippen LogP contribution in [0.15, 0.2) is 53.4 Å². The summed E-state index contributed by atoms with van der Waals surface area (Å²) >= 11 is 3.16. The van der Waals surface area contributed by atoms with E-state index in [0.717, 1.165) is 28.2 Å². The van der Waals surface area contributed by atoms with Crippen LogP contribution in [-0.2, 0) is 9.53 Å². The van der Waals surface area contributed by atoms with E-state index in [0.29, 0.717) is 37.0 Å². The molecular weight excluding hydrogens is 496 g/mol. The Balaban J connectivity index is 0.00000324. The van der Waals surface area contributed by atoms with Gasteiger partial charge in [-0.1, -0.05) is 23.5 Å². The van der Waals surface area contributed by atoms with Gasteiger partial charge in [0, 0.05) is 49.3 Å². The van der Waals surface area contributed by atoms with E-state index in [9.17, 15) is 14.9 Å². The second kappa shape index (κ2) is 12.3. The molecule has 2 heterocycles. The van der Waals surface area contributed by atoms with Gasteiger partial charge >= 0.3 is 0 Å². The van der Waals surface area contributed by atoms with Crippen molar-refractivity contribution in [1.82, 2.24) is 9.88 Å². The Labute approximate surface area is 212 Å². The number of aromatic nitrogens is 1. The number of fused-ring (bicyclic) bond motifs is 1. The third kappa shape index (κ3) is 6.55. The Bertz CT molecular complexity index is 1180. The molecule has 2 aromatic carbocycles. The summed E-state index contributed by atoms with van der Waals surface area (Å²) in [6, 6.07) is 12.3. The van der Waals surface area contributed by atoms with E-state index in [-0.39, 0.29) is 24.0 Å². The lowest BCUT2D eigenvalue weighted by Gasteiger charge is -2.28. The molecule has 0 radical (unpaired) electrons. The average Bonchev–Trinajstić information content (AvgIpc) is 3.26. The molecule has 1 aliphatic rings. The van der Waals surface area contributed by atoms with Crippen LogP contribution in [0.2, 0.25) is 0 Å². The molecule has 1 saturated heterocycles. The van der Waals surface area contributed by atoms with Crippen molar-refractivity contribution in [1.29, 1.82) is 0 Å². The molecule has 3 aromatic rings. The minimum Gasteiger partial charge on any atom is -0.379 e. The van der Waals surface area contributed by atoms with Crippen molar-refractivity contribution in [2.75, 3.05) is 50.5 Å². The number of thiazole rings is 1. The SMILES string of the molecule is CSc1ccc2nc(N(CCN3CCOCC3)C(=O)C=Cc3cccc([N+](=O)[O-])c3)sc2c1.Cl. The lowest BCUT2D eigenvalue weighted by Crippen LogP contribution is -2.42. The van der Waals surface area contributed by atoms with Gasteiger partial charge in [-0.2, -0.15) is 0 Å². The Morgan fingerprint density at radius 3 is 2.82 bits per heavy atom. The van der Waals surface area contributed by atoms with Crippen LogP contribution >= 0.6 is 35.5 Å². The van der Waals surface area contributed by atoms with Gasteiger partial charge < -0.3 is 4.74 Å². The number of benzene rings is 2. The number of hydrogen-bond acceptors (Lipinski definition) is 8. The summed E-state index contributed by atoms with van der Waals surface area (Å²) in [5.41, 5.74) is 1.45. The molecule has 0 atom stereocenters. The first-order valence-electron chi connectivity index (χ1n) is 10.5. The number of halogens is 1. The second-order valence-electron chi connectivity index (χ2n) is 7.46. The summed E-state index contributed by atoms with van der Waals surface area (Å²) in [7, 11) is 0. The fourth-order valence-electron chi connectivity index (χ4n) is 3.50. The molecule has 0 saturated carbocycles. The smallest absolute Gasteiger partial charge is 0.270 e. The number of nitrogens with zero attached hydrogens (tertiary/aromatic N) is 4. The highest BCUT2D eigenvalue weighted by Crippen LogP contribution is 2.32. The quantitative estimate of drug-likeness (QED) is 0.184. The van der Waals surface area contributed by atoms with E-state index in [1.807, 2.05) is 18.4 Å². The van der Waals surface area contributed by atoms with Gasteiger partial charge in [-0.05, 0) is 36.1 Å². The zero-order valence-electron chi connectivity index (χ0n) is 18.6. The molecule has 4 rings (SSSR count). The highest BCUT2D eigenvalue weighted by Gasteiger charge is 2.20. The number of rotatable bonds is 8. The van der Waals surface area contributed by atoms with Gasteiger partial charge in [0.25, 0.3) is 11.6 Å². The van der Waals surface area contributed by atoms with Crippen molar-refractivity contribution in [3.8, 4) is 0 Å². The van der Waals surface area contributed by atoms with Crippen molar-refractivity contribution < 1.29 is 14.5 Å². The molecule has 180 valence electrons. The normalized spacial score (nSPS) is 14.3. The van der Waals surface area contributed by atoms with Gasteiger partial charge in [0.05, 0.1) is 28.4 Å². The van der Waals surface area contributed by atoms with Crippen LogP contribution in [0.4, 0.5) is 10.8 Å². The molecule has 0 N–H and O–H groups in total. The number of morpholine rings is 1. The van der Waals surface area contributed by atoms with E-state index in [1.54, 1.807) is 34.9 Å². The first-order chi connectivity index (χ1) is 16.0. The number of nitro benzene ring substituents is 1. The molecule has 11 heteroatoms. The molecule has 34 heavy (non-hydrogen) atoms. The van der Waals surface area contributed by atoms with Gasteiger partial charge in [-0.15, -0.1) is 24.2 Å². The minimum atomic E-state index is -0.447. The maximum Gasteiger partial charge on any atom is 0.270 e. The fraction of sp³-hybridized carbons (Fsp3) is 0.304. The maximum absolute atomic E-state index is 13.2. The first kappa shape index (κ1) is 26.1. The van der Waals surface area contributed by atoms with E-state index in [4.69, 9.17) is 9.72 Å². The van der Waals surface area contributed by atoms with Gasteiger partial charge in [0.15, 0.2) is 5.13 Å². The Morgan fingerprint density at radius 1 is 1.29 bits per heavy atom. The molecule has 0 unspecified atom stereocenters. The predicted molar refractivity (Wildman–Crippen MR) is 140 cm³/mol. The van der Waals surface area contributed by atoms with E-state index in [1.165, 1.54) is 29.5 Å². The monoisotopic (exact) mass is 520 g/mol. The number of amides is 1. The zero-order chi connectivity index (χ0) is 23.2. The number of nitro groups is 1. The summed E-state index contributed by atoms with van der Waals surface area (Å²) < 4.78 is 6.45. The molecule has 1 aliphatic heterocycles. The molecule has 0 spiro atoms. The van der Waals surface area contributed by atoms with Crippen LogP contribution in [0, 0.1) is 10.1 Å². The second-order valence-corrected chi connectivity index (χ2v) is 9.35. The molecule has 8 nitrogen and oxygen atoms in total. The largest absolute Gasteiger partial charge is 0.379 e. The molecule has 0 bridgehead atoms. The number of carbonyl (C=O) groups is 1. The summed E-state index contributed by atoms with van der Waals surface area (Å²) in [5, 5.41) is 11.7. The summed E-state index contributed by atoms with van der Waals surface area (Å²) in [6.45, 7) is 4.27. The van der Waals surface area contributed by atoms with Crippen LogP contribution in [0.5, 0.6) is 0 Å². The first-order valence-corrected chi connectivity index (χ1v) is 12.6. The van der Waals surface area contributed by atoms with E-state index in [2.05, 4.69) is 11.0 Å². The van der Waals surface area contributed by atoms with Crippen molar-refractivity contribution in [2.45, 2.75) is 4.90 Å². The van der Waals surface area contributed by atoms with Crippen molar-refractivity contribution in [3.63, 3.8) is 0 Å². The van der Waals surface area contributed by atoms with Crippen LogP contribution in [-0.4, -0.2) is 66.4 Å². The van der Waals surface area contributed by atoms with Gasteiger partial charge in [-0.3, -0.25) is 24.7 Å². The molecule has 1 amide bonds. The predicted octanol–water partition coefficient (Wildman–Crippen LogP) is 4.73. The number of carbonyl (C=O) groups excluding carboxylic acids is 1. The standard InChI is InChI=1S/C23H24N4O4S2.ClH/c1-32-19-6-7-20-21(16-19)33-23(24-20)26(10-9-25-11-13-31-14-12-25)22(28)8-5-17-3-2-4-18(15-17)27(29)30;/h2-8,15-16H,9-14H2,1H3;1H. The number of ether oxygens (including phenoxy) is 1. The van der Waals surface area contributed by atoms with E-state index < -0.39 is 4.92 Å². The van der Waals surface area contributed by atoms with Crippen molar-refractivity contribution >= 4 is 68.5 Å². The van der Waals surface area contributed by atoms with E-state index >= 15 is 0 Å². The van der Waals surface area contributed by atoms with Crippen LogP contribution in [0.3, 0.4) is 0 Å². The van der Waals surface area contributed by atoms with Crippen LogP contribution in [0.25, 0.3) is 16.3 Å². The van der Waals surface area contributed by atoms with Crippen molar-refractivity contribution in [3.05, 3.63) is 64.2 Å². The highest BCUT2D eigenvalue weighted by molar-refractivity contribution is 7.98.